The Balaban J connectivity index is 2.09. The highest BCUT2D eigenvalue weighted by Gasteiger charge is 2.34. The molecule has 0 fully saturated rings. The molecule has 3 rings (SSSR count). The van der Waals surface area contributed by atoms with Gasteiger partial charge in [0.2, 0.25) is 0 Å². The first-order valence-electron chi connectivity index (χ1n) is 5.21. The molecule has 1 aliphatic heterocycles. The summed E-state index contributed by atoms with van der Waals surface area (Å²) in [4.78, 5) is 9.36. The Kier molecular flexibility index (Phi) is 2.07. The maximum Gasteiger partial charge on any atom is 0.275 e. The SMILES string of the molecule is Cc1nn(C2=CCCC=C2)c2c1C(F)OO2. The van der Waals surface area contributed by atoms with Gasteiger partial charge in [-0.25, -0.2) is 4.39 Å². The van der Waals surface area contributed by atoms with Crippen LogP contribution in [0.3, 0.4) is 0 Å². The fraction of sp³-hybridized carbons (Fsp3) is 0.364. The summed E-state index contributed by atoms with van der Waals surface area (Å²) in [6.07, 6.45) is 6.50. The van der Waals surface area contributed by atoms with Crippen LogP contribution in [0.1, 0.15) is 30.5 Å². The summed E-state index contributed by atoms with van der Waals surface area (Å²) in [5.41, 5.74) is 1.88. The van der Waals surface area contributed by atoms with Gasteiger partial charge in [0.1, 0.15) is 5.56 Å². The molecule has 2 heterocycles. The Bertz CT molecular complexity index is 490. The van der Waals surface area contributed by atoms with Gasteiger partial charge in [-0.1, -0.05) is 12.2 Å². The molecular formula is C11H11FN2O2. The van der Waals surface area contributed by atoms with E-state index in [1.54, 1.807) is 11.6 Å². The van der Waals surface area contributed by atoms with Crippen LogP contribution in [0.25, 0.3) is 5.70 Å². The van der Waals surface area contributed by atoms with Crippen LogP contribution in [-0.2, 0) is 4.89 Å². The Labute approximate surface area is 91.9 Å². The first-order valence-corrected chi connectivity index (χ1v) is 5.21. The third-order valence-corrected chi connectivity index (χ3v) is 2.72. The van der Waals surface area contributed by atoms with E-state index in [-0.39, 0.29) is 0 Å². The summed E-state index contributed by atoms with van der Waals surface area (Å²) >= 11 is 0. The van der Waals surface area contributed by atoms with Crippen LogP contribution >= 0.6 is 0 Å². The smallest absolute Gasteiger partial charge is 0.275 e. The number of fused-ring (bicyclic) bond motifs is 1. The molecule has 0 amide bonds. The summed E-state index contributed by atoms with van der Waals surface area (Å²) in [6, 6.07) is 0. The minimum Gasteiger partial charge on any atom is -0.313 e. The van der Waals surface area contributed by atoms with Crippen molar-refractivity contribution in [1.29, 1.82) is 0 Å². The number of alkyl halides is 1. The molecule has 0 aromatic carbocycles. The van der Waals surface area contributed by atoms with E-state index in [4.69, 9.17) is 4.89 Å². The van der Waals surface area contributed by atoms with E-state index in [0.717, 1.165) is 18.5 Å². The molecule has 4 nitrogen and oxygen atoms in total. The molecule has 2 aliphatic rings. The van der Waals surface area contributed by atoms with Gasteiger partial charge in [0, 0.05) is 0 Å². The monoisotopic (exact) mass is 222 g/mol. The molecule has 1 unspecified atom stereocenters. The molecule has 16 heavy (non-hydrogen) atoms. The first kappa shape index (κ1) is 9.59. The summed E-state index contributed by atoms with van der Waals surface area (Å²) in [5.74, 6) is 0.350. The topological polar surface area (TPSA) is 36.3 Å². The van der Waals surface area contributed by atoms with Gasteiger partial charge in [-0.2, -0.15) is 9.78 Å². The third-order valence-electron chi connectivity index (χ3n) is 2.72. The standard InChI is InChI=1S/C11H11FN2O2/c1-7-9-10(12)15-16-11(9)14(13-7)8-5-3-2-4-6-8/h3,5-6,10H,2,4H2,1H3. The second-order valence-corrected chi connectivity index (χ2v) is 3.82. The average Bonchev–Trinajstić information content (AvgIpc) is 2.83. The van der Waals surface area contributed by atoms with Crippen molar-refractivity contribution in [2.24, 2.45) is 0 Å². The van der Waals surface area contributed by atoms with E-state index in [0.29, 0.717) is 17.1 Å². The lowest BCUT2D eigenvalue weighted by molar-refractivity contribution is -0.264. The summed E-state index contributed by atoms with van der Waals surface area (Å²) < 4.78 is 14.9. The molecule has 0 spiro atoms. The van der Waals surface area contributed by atoms with Crippen LogP contribution in [-0.4, -0.2) is 9.78 Å². The quantitative estimate of drug-likeness (QED) is 0.685. The minimum atomic E-state index is -1.53. The van der Waals surface area contributed by atoms with Crippen LogP contribution in [0.2, 0.25) is 0 Å². The van der Waals surface area contributed by atoms with Crippen LogP contribution in [0.15, 0.2) is 18.2 Å². The van der Waals surface area contributed by atoms with Crippen LogP contribution in [0.4, 0.5) is 4.39 Å². The zero-order valence-electron chi connectivity index (χ0n) is 8.81. The molecule has 1 aliphatic carbocycles. The largest absolute Gasteiger partial charge is 0.313 e. The molecular weight excluding hydrogens is 211 g/mol. The number of allylic oxidation sites excluding steroid dienone is 4. The molecule has 84 valence electrons. The van der Waals surface area contributed by atoms with Gasteiger partial charge >= 0.3 is 0 Å². The fourth-order valence-corrected chi connectivity index (χ4v) is 1.93. The van der Waals surface area contributed by atoms with E-state index in [1.807, 2.05) is 12.2 Å². The Morgan fingerprint density at radius 1 is 1.50 bits per heavy atom. The number of hydrogen-bond donors (Lipinski definition) is 0. The zero-order chi connectivity index (χ0) is 11.1. The summed E-state index contributed by atoms with van der Waals surface area (Å²) in [7, 11) is 0. The van der Waals surface area contributed by atoms with E-state index < -0.39 is 6.36 Å². The number of nitrogens with zero attached hydrogens (tertiary/aromatic N) is 2. The summed E-state index contributed by atoms with van der Waals surface area (Å²) in [6.45, 7) is 1.74. The number of aromatic nitrogens is 2. The lowest BCUT2D eigenvalue weighted by Crippen LogP contribution is -2.03. The van der Waals surface area contributed by atoms with Gasteiger partial charge in [0.25, 0.3) is 12.2 Å². The molecule has 0 saturated heterocycles. The van der Waals surface area contributed by atoms with Crippen LogP contribution < -0.4 is 4.89 Å². The molecule has 5 heteroatoms. The second kappa shape index (κ2) is 3.45. The van der Waals surface area contributed by atoms with E-state index in [9.17, 15) is 4.39 Å². The van der Waals surface area contributed by atoms with Crippen molar-refractivity contribution >= 4 is 5.70 Å². The zero-order valence-corrected chi connectivity index (χ0v) is 8.81. The van der Waals surface area contributed by atoms with Crippen molar-refractivity contribution in [3.63, 3.8) is 0 Å². The first-order chi connectivity index (χ1) is 7.77. The Morgan fingerprint density at radius 2 is 2.38 bits per heavy atom. The molecule has 1 aromatic rings. The number of aryl methyl sites for hydroxylation is 1. The van der Waals surface area contributed by atoms with Crippen LogP contribution in [0, 0.1) is 6.92 Å². The molecule has 1 atom stereocenters. The number of rotatable bonds is 1. The predicted molar refractivity (Wildman–Crippen MR) is 55.2 cm³/mol. The van der Waals surface area contributed by atoms with Gasteiger partial charge in [0.05, 0.1) is 11.4 Å². The minimum absolute atomic E-state index is 0.350. The lowest BCUT2D eigenvalue weighted by Gasteiger charge is -2.08. The summed E-state index contributed by atoms with van der Waals surface area (Å²) in [5, 5.41) is 4.26. The van der Waals surface area contributed by atoms with Gasteiger partial charge in [-0.3, -0.25) is 0 Å². The number of hydrogen-bond acceptors (Lipinski definition) is 3. The maximum absolute atomic E-state index is 13.3. The van der Waals surface area contributed by atoms with Crippen molar-refractivity contribution in [3.8, 4) is 5.88 Å². The Hall–Kier alpha value is -1.62. The van der Waals surface area contributed by atoms with Crippen molar-refractivity contribution in [3.05, 3.63) is 29.5 Å². The Morgan fingerprint density at radius 3 is 3.12 bits per heavy atom. The normalized spacial score (nSPS) is 22.9. The second-order valence-electron chi connectivity index (χ2n) is 3.82. The predicted octanol–water partition coefficient (Wildman–Crippen LogP) is 2.67. The molecule has 0 radical (unpaired) electrons. The van der Waals surface area contributed by atoms with Crippen LogP contribution in [0.5, 0.6) is 5.88 Å². The average molecular weight is 222 g/mol. The van der Waals surface area contributed by atoms with Crippen molar-refractivity contribution in [2.75, 3.05) is 0 Å². The van der Waals surface area contributed by atoms with Gasteiger partial charge in [-0.05, 0) is 25.8 Å². The van der Waals surface area contributed by atoms with Crippen molar-refractivity contribution in [2.45, 2.75) is 26.1 Å². The van der Waals surface area contributed by atoms with Crippen molar-refractivity contribution < 1.29 is 14.2 Å². The highest BCUT2D eigenvalue weighted by atomic mass is 19.1. The maximum atomic E-state index is 13.3. The van der Waals surface area contributed by atoms with E-state index in [2.05, 4.69) is 16.1 Å². The molecule has 1 aromatic heterocycles. The fourth-order valence-electron chi connectivity index (χ4n) is 1.93. The van der Waals surface area contributed by atoms with Gasteiger partial charge < -0.3 is 4.89 Å². The van der Waals surface area contributed by atoms with E-state index >= 15 is 0 Å². The molecule has 0 N–H and O–H groups in total. The third kappa shape index (κ3) is 1.28. The van der Waals surface area contributed by atoms with Crippen molar-refractivity contribution in [1.82, 2.24) is 9.78 Å². The lowest BCUT2D eigenvalue weighted by atomic mass is 10.1. The van der Waals surface area contributed by atoms with E-state index in [1.165, 1.54) is 0 Å². The molecule has 0 bridgehead atoms. The van der Waals surface area contributed by atoms with Gasteiger partial charge in [-0.15, -0.1) is 4.89 Å². The van der Waals surface area contributed by atoms with Gasteiger partial charge in [0.15, 0.2) is 0 Å². The number of halogens is 1. The molecule has 0 saturated carbocycles. The highest BCUT2D eigenvalue weighted by molar-refractivity contribution is 5.61. The highest BCUT2D eigenvalue weighted by Crippen LogP contribution is 2.39.